The highest BCUT2D eigenvalue weighted by Crippen LogP contribution is 2.30. The third-order valence-electron chi connectivity index (χ3n) is 4.19. The molecule has 3 rings (SSSR count). The Kier molecular flexibility index (Phi) is 4.29. The molecular weight excluding hydrogens is 290 g/mol. The molecule has 2 aliphatic rings. The molecule has 0 aromatic carbocycles. The van der Waals surface area contributed by atoms with Crippen molar-refractivity contribution in [1.29, 1.82) is 0 Å². The summed E-state index contributed by atoms with van der Waals surface area (Å²) in [6, 6.07) is -0.283. The lowest BCUT2D eigenvalue weighted by Gasteiger charge is -2.34. The number of hydrogen-bond donors (Lipinski definition) is 0. The normalized spacial score (nSPS) is 21.2. The first kappa shape index (κ1) is 14.6. The highest BCUT2D eigenvalue weighted by Gasteiger charge is 2.32. The molecule has 114 valence electrons. The van der Waals surface area contributed by atoms with E-state index in [1.54, 1.807) is 0 Å². The molecule has 1 saturated heterocycles. The first-order chi connectivity index (χ1) is 10.2. The molecule has 6 heteroatoms. The van der Waals surface area contributed by atoms with Crippen molar-refractivity contribution < 1.29 is 9.53 Å². The number of piperidine rings is 1. The van der Waals surface area contributed by atoms with Crippen LogP contribution in [-0.4, -0.2) is 35.1 Å². The molecule has 0 radical (unpaired) electrons. The Morgan fingerprint density at radius 3 is 3.00 bits per heavy atom. The summed E-state index contributed by atoms with van der Waals surface area (Å²) in [5.41, 5.74) is 2.11. The molecule has 0 N–H and O–H groups in total. The van der Waals surface area contributed by atoms with Gasteiger partial charge in [0.05, 0.1) is 12.3 Å². The Morgan fingerprint density at radius 1 is 1.33 bits per heavy atom. The highest BCUT2D eigenvalue weighted by molar-refractivity contribution is 6.30. The van der Waals surface area contributed by atoms with Crippen LogP contribution in [0.3, 0.4) is 0 Å². The van der Waals surface area contributed by atoms with E-state index < -0.39 is 0 Å². The number of carbonyl (C=O) groups excluding carboxylic acids is 1. The van der Waals surface area contributed by atoms with Crippen LogP contribution in [0.1, 0.15) is 43.9 Å². The smallest absolute Gasteiger partial charge is 0.328 e. The van der Waals surface area contributed by atoms with Crippen LogP contribution >= 0.6 is 11.6 Å². The molecule has 1 aliphatic heterocycles. The van der Waals surface area contributed by atoms with E-state index in [1.807, 2.05) is 11.8 Å². The Labute approximate surface area is 129 Å². The summed E-state index contributed by atoms with van der Waals surface area (Å²) in [4.78, 5) is 23.2. The van der Waals surface area contributed by atoms with Crippen LogP contribution in [0.15, 0.2) is 0 Å². The number of fused-ring (bicyclic) bond motifs is 1. The van der Waals surface area contributed by atoms with Crippen molar-refractivity contribution in [1.82, 2.24) is 9.97 Å². The number of nitrogens with zero attached hydrogens (tertiary/aromatic N) is 3. The zero-order valence-electron chi connectivity index (χ0n) is 12.3. The van der Waals surface area contributed by atoms with Crippen LogP contribution in [0.4, 0.5) is 5.95 Å². The van der Waals surface area contributed by atoms with E-state index in [2.05, 4.69) is 9.97 Å². The second-order valence-electron chi connectivity index (χ2n) is 5.55. The van der Waals surface area contributed by atoms with Gasteiger partial charge in [0.1, 0.15) is 11.2 Å². The average Bonchev–Trinajstić information content (AvgIpc) is 2.96. The number of esters is 1. The van der Waals surface area contributed by atoms with E-state index in [1.165, 1.54) is 0 Å². The van der Waals surface area contributed by atoms with Crippen molar-refractivity contribution in [2.75, 3.05) is 18.1 Å². The first-order valence-electron chi connectivity index (χ1n) is 7.69. The molecule has 0 saturated carbocycles. The number of hydrogen-bond acceptors (Lipinski definition) is 5. The zero-order valence-corrected chi connectivity index (χ0v) is 13.0. The molecule has 1 fully saturated rings. The van der Waals surface area contributed by atoms with Gasteiger partial charge in [-0.25, -0.2) is 14.8 Å². The number of aryl methyl sites for hydroxylation is 1. The van der Waals surface area contributed by atoms with Gasteiger partial charge >= 0.3 is 5.97 Å². The first-order valence-corrected chi connectivity index (χ1v) is 8.07. The number of aromatic nitrogens is 2. The number of halogens is 1. The molecule has 1 aromatic heterocycles. The number of carbonyl (C=O) groups is 1. The van der Waals surface area contributed by atoms with E-state index in [0.29, 0.717) is 17.7 Å². The molecule has 0 spiro atoms. The number of anilines is 1. The second-order valence-corrected chi connectivity index (χ2v) is 5.91. The quantitative estimate of drug-likeness (QED) is 0.634. The van der Waals surface area contributed by atoms with Gasteiger partial charge < -0.3 is 9.64 Å². The van der Waals surface area contributed by atoms with Crippen LogP contribution < -0.4 is 4.90 Å². The standard InChI is InChI=1S/C15H20ClN3O2/c1-2-21-14(20)12-8-3-4-9-19(12)15-17-11-7-5-6-10(11)13(16)18-15/h12H,2-9H2,1H3. The van der Waals surface area contributed by atoms with Crippen molar-refractivity contribution >= 4 is 23.5 Å². The highest BCUT2D eigenvalue weighted by atomic mass is 35.5. The van der Waals surface area contributed by atoms with Crippen LogP contribution in [0, 0.1) is 0 Å². The molecule has 1 aliphatic carbocycles. The van der Waals surface area contributed by atoms with Crippen molar-refractivity contribution in [2.45, 2.75) is 51.5 Å². The lowest BCUT2D eigenvalue weighted by Crippen LogP contribution is -2.46. The number of rotatable bonds is 3. The molecule has 1 aromatic rings. The summed E-state index contributed by atoms with van der Waals surface area (Å²) >= 11 is 6.29. The van der Waals surface area contributed by atoms with Crippen LogP contribution in [0.25, 0.3) is 0 Å². The minimum atomic E-state index is -0.283. The minimum Gasteiger partial charge on any atom is -0.464 e. The largest absolute Gasteiger partial charge is 0.464 e. The van der Waals surface area contributed by atoms with E-state index in [0.717, 1.165) is 56.3 Å². The summed E-state index contributed by atoms with van der Waals surface area (Å²) in [6.45, 7) is 3.00. The molecule has 21 heavy (non-hydrogen) atoms. The van der Waals surface area contributed by atoms with Gasteiger partial charge in [-0.15, -0.1) is 0 Å². The van der Waals surface area contributed by atoms with E-state index >= 15 is 0 Å². The second kappa shape index (κ2) is 6.18. The summed E-state index contributed by atoms with van der Waals surface area (Å²) in [7, 11) is 0. The Morgan fingerprint density at radius 2 is 2.19 bits per heavy atom. The molecule has 5 nitrogen and oxygen atoms in total. The van der Waals surface area contributed by atoms with Gasteiger partial charge in [0.25, 0.3) is 0 Å². The predicted molar refractivity (Wildman–Crippen MR) is 80.7 cm³/mol. The molecular formula is C15H20ClN3O2. The predicted octanol–water partition coefficient (Wildman–Crippen LogP) is 2.54. The van der Waals surface area contributed by atoms with Gasteiger partial charge in [-0.2, -0.15) is 0 Å². The summed E-state index contributed by atoms with van der Waals surface area (Å²) in [6.07, 6.45) is 5.83. The van der Waals surface area contributed by atoms with Crippen molar-refractivity contribution in [3.05, 3.63) is 16.4 Å². The fourth-order valence-electron chi connectivity index (χ4n) is 3.16. The monoisotopic (exact) mass is 309 g/mol. The van der Waals surface area contributed by atoms with Gasteiger partial charge in [-0.3, -0.25) is 0 Å². The maximum Gasteiger partial charge on any atom is 0.328 e. The van der Waals surface area contributed by atoms with E-state index in [9.17, 15) is 4.79 Å². The van der Waals surface area contributed by atoms with Gasteiger partial charge in [0.15, 0.2) is 0 Å². The van der Waals surface area contributed by atoms with Crippen LogP contribution in [0.2, 0.25) is 5.15 Å². The van der Waals surface area contributed by atoms with E-state index in [-0.39, 0.29) is 12.0 Å². The summed E-state index contributed by atoms with van der Waals surface area (Å²) in [5.74, 6) is 0.399. The third kappa shape index (κ3) is 2.84. The van der Waals surface area contributed by atoms with Gasteiger partial charge in [-0.1, -0.05) is 11.6 Å². The SMILES string of the molecule is CCOC(=O)C1CCCCN1c1nc(Cl)c2c(n1)CCC2. The minimum absolute atomic E-state index is 0.183. The molecule has 0 amide bonds. The maximum absolute atomic E-state index is 12.1. The molecule has 1 atom stereocenters. The topological polar surface area (TPSA) is 55.3 Å². The zero-order chi connectivity index (χ0) is 14.8. The van der Waals surface area contributed by atoms with Gasteiger partial charge in [0, 0.05) is 12.1 Å². The average molecular weight is 310 g/mol. The van der Waals surface area contributed by atoms with Gasteiger partial charge in [0.2, 0.25) is 5.95 Å². The van der Waals surface area contributed by atoms with Crippen molar-refractivity contribution in [2.24, 2.45) is 0 Å². The van der Waals surface area contributed by atoms with Crippen molar-refractivity contribution in [3.8, 4) is 0 Å². The Hall–Kier alpha value is -1.36. The molecule has 0 bridgehead atoms. The fraction of sp³-hybridized carbons (Fsp3) is 0.667. The van der Waals surface area contributed by atoms with Crippen LogP contribution in [0.5, 0.6) is 0 Å². The Balaban J connectivity index is 1.90. The molecule has 1 unspecified atom stereocenters. The maximum atomic E-state index is 12.1. The van der Waals surface area contributed by atoms with Crippen LogP contribution in [-0.2, 0) is 22.4 Å². The fourth-order valence-corrected chi connectivity index (χ4v) is 3.44. The lowest BCUT2D eigenvalue weighted by molar-refractivity contribution is -0.145. The van der Waals surface area contributed by atoms with Gasteiger partial charge in [-0.05, 0) is 45.4 Å². The third-order valence-corrected chi connectivity index (χ3v) is 4.50. The summed E-state index contributed by atoms with van der Waals surface area (Å²) in [5, 5.41) is 0.542. The number of ether oxygens (including phenoxy) is 1. The van der Waals surface area contributed by atoms with Crippen molar-refractivity contribution in [3.63, 3.8) is 0 Å². The summed E-state index contributed by atoms with van der Waals surface area (Å²) < 4.78 is 5.19. The Bertz CT molecular complexity index is 550. The van der Waals surface area contributed by atoms with E-state index in [4.69, 9.17) is 16.3 Å². The molecule has 2 heterocycles. The lowest BCUT2D eigenvalue weighted by atomic mass is 10.0.